The molecule has 1 N–H and O–H groups in total. The first kappa shape index (κ1) is 18.7. The molecule has 4 nitrogen and oxygen atoms in total. The Morgan fingerprint density at radius 2 is 2.04 bits per heavy atom. The highest BCUT2D eigenvalue weighted by atomic mass is 32.1. The summed E-state index contributed by atoms with van der Waals surface area (Å²) < 4.78 is 5.27. The topological polar surface area (TPSA) is 59.2 Å². The Labute approximate surface area is 168 Å². The van der Waals surface area contributed by atoms with Crippen molar-refractivity contribution in [1.29, 1.82) is 0 Å². The zero-order valence-electron chi connectivity index (χ0n) is 16.1. The van der Waals surface area contributed by atoms with E-state index in [1.807, 2.05) is 42.6 Å². The van der Waals surface area contributed by atoms with Gasteiger partial charge >= 0.3 is 5.97 Å². The lowest BCUT2D eigenvalue weighted by molar-refractivity contribution is 0.0519. The van der Waals surface area contributed by atoms with Crippen LogP contribution < -0.4 is 0 Å². The lowest BCUT2D eigenvalue weighted by Gasteiger charge is -2.21. The molecule has 2 heterocycles. The first-order valence-electron chi connectivity index (χ1n) is 9.60. The van der Waals surface area contributed by atoms with Crippen LogP contribution in [-0.4, -0.2) is 23.3 Å². The number of aryl methyl sites for hydroxylation is 1. The molecule has 0 aliphatic heterocycles. The van der Waals surface area contributed by atoms with Crippen molar-refractivity contribution < 1.29 is 14.3 Å². The molecule has 0 radical (unpaired) electrons. The van der Waals surface area contributed by atoms with Crippen LogP contribution in [0.1, 0.15) is 67.4 Å². The first-order chi connectivity index (χ1) is 13.6. The largest absolute Gasteiger partial charge is 0.461 e. The molecule has 1 aliphatic carbocycles. The second-order valence-electron chi connectivity index (χ2n) is 7.20. The summed E-state index contributed by atoms with van der Waals surface area (Å²) in [4.78, 5) is 30.2. The van der Waals surface area contributed by atoms with E-state index in [4.69, 9.17) is 4.74 Å². The SMILES string of the molecule is CCOC(=O)c1[nH]c2c(c1Cc1ccccc1C)C(=O)C[C@H](c1cccs1)C2. The number of hydrogen-bond acceptors (Lipinski definition) is 4. The summed E-state index contributed by atoms with van der Waals surface area (Å²) in [6, 6.07) is 12.2. The number of nitrogens with one attached hydrogen (secondary N) is 1. The monoisotopic (exact) mass is 393 g/mol. The van der Waals surface area contributed by atoms with Gasteiger partial charge < -0.3 is 9.72 Å². The molecule has 5 heteroatoms. The maximum Gasteiger partial charge on any atom is 0.355 e. The Bertz CT molecular complexity index is 1020. The Morgan fingerprint density at radius 1 is 1.21 bits per heavy atom. The number of esters is 1. The molecule has 0 saturated carbocycles. The third-order valence-corrected chi connectivity index (χ3v) is 6.43. The van der Waals surface area contributed by atoms with Gasteiger partial charge in [-0.15, -0.1) is 11.3 Å². The summed E-state index contributed by atoms with van der Waals surface area (Å²) in [5.74, 6) is -0.115. The number of Topliss-reactive ketones (excluding diaryl/α,β-unsaturated/α-hetero) is 1. The van der Waals surface area contributed by atoms with Crippen molar-refractivity contribution in [3.63, 3.8) is 0 Å². The minimum atomic E-state index is -0.388. The van der Waals surface area contributed by atoms with Gasteiger partial charge in [-0.2, -0.15) is 0 Å². The van der Waals surface area contributed by atoms with Gasteiger partial charge in [0.25, 0.3) is 0 Å². The number of benzene rings is 1. The van der Waals surface area contributed by atoms with E-state index in [0.717, 1.165) is 28.8 Å². The number of ether oxygens (including phenoxy) is 1. The number of H-pyrrole nitrogens is 1. The smallest absolute Gasteiger partial charge is 0.355 e. The standard InChI is InChI=1S/C23H23NO3S/c1-3-27-23(26)22-17(11-15-8-5-4-7-14(15)2)21-18(24-22)12-16(13-19(21)25)20-9-6-10-28-20/h4-10,16,24H,3,11-13H2,1-2H3/t16-/m1/s1. The minimum absolute atomic E-state index is 0.107. The third-order valence-electron chi connectivity index (χ3n) is 5.40. The molecule has 1 aromatic carbocycles. The van der Waals surface area contributed by atoms with Crippen molar-refractivity contribution in [2.75, 3.05) is 6.61 Å². The Balaban J connectivity index is 1.77. The number of hydrogen-bond donors (Lipinski definition) is 1. The molecule has 1 aliphatic rings. The van der Waals surface area contributed by atoms with Crippen LogP contribution in [-0.2, 0) is 17.6 Å². The Hall–Kier alpha value is -2.66. The van der Waals surface area contributed by atoms with Crippen LogP contribution in [0.15, 0.2) is 41.8 Å². The summed E-state index contributed by atoms with van der Waals surface area (Å²) in [6.07, 6.45) is 1.76. The van der Waals surface area contributed by atoms with Crippen LogP contribution in [0, 0.1) is 6.92 Å². The van der Waals surface area contributed by atoms with Crippen LogP contribution in [0.3, 0.4) is 0 Å². The summed E-state index contributed by atoms with van der Waals surface area (Å²) in [7, 11) is 0. The maximum absolute atomic E-state index is 13.1. The molecule has 3 aromatic rings. The van der Waals surface area contributed by atoms with E-state index in [-0.39, 0.29) is 17.7 Å². The van der Waals surface area contributed by atoms with Crippen LogP contribution in [0.25, 0.3) is 0 Å². The number of thiophene rings is 1. The van der Waals surface area contributed by atoms with Crippen LogP contribution in [0.2, 0.25) is 0 Å². The van der Waals surface area contributed by atoms with Gasteiger partial charge in [0, 0.05) is 34.9 Å². The molecule has 0 saturated heterocycles. The van der Waals surface area contributed by atoms with Crippen molar-refractivity contribution in [3.8, 4) is 0 Å². The van der Waals surface area contributed by atoms with Gasteiger partial charge in [-0.05, 0) is 48.4 Å². The van der Waals surface area contributed by atoms with Crippen molar-refractivity contribution in [1.82, 2.24) is 4.98 Å². The molecule has 0 unspecified atom stereocenters. The highest BCUT2D eigenvalue weighted by Gasteiger charge is 2.34. The highest BCUT2D eigenvalue weighted by molar-refractivity contribution is 7.10. The second-order valence-corrected chi connectivity index (χ2v) is 8.18. The number of rotatable bonds is 5. The lowest BCUT2D eigenvalue weighted by atomic mass is 9.83. The van der Waals surface area contributed by atoms with E-state index < -0.39 is 0 Å². The van der Waals surface area contributed by atoms with Gasteiger partial charge in [0.05, 0.1) is 6.61 Å². The van der Waals surface area contributed by atoms with E-state index in [0.29, 0.717) is 30.7 Å². The Kier molecular flexibility index (Phi) is 5.18. The number of aromatic amines is 1. The number of carbonyl (C=O) groups excluding carboxylic acids is 2. The molecule has 0 bridgehead atoms. The van der Waals surface area contributed by atoms with Crippen molar-refractivity contribution >= 4 is 23.1 Å². The molecule has 2 aromatic heterocycles. The summed E-state index contributed by atoms with van der Waals surface area (Å²) in [6.45, 7) is 4.14. The van der Waals surface area contributed by atoms with E-state index in [1.165, 1.54) is 4.88 Å². The third kappa shape index (κ3) is 3.42. The van der Waals surface area contributed by atoms with Crippen LogP contribution in [0.5, 0.6) is 0 Å². The van der Waals surface area contributed by atoms with Gasteiger partial charge in [0.15, 0.2) is 5.78 Å². The zero-order chi connectivity index (χ0) is 19.7. The van der Waals surface area contributed by atoms with Crippen LogP contribution in [0.4, 0.5) is 0 Å². The number of ketones is 1. The molecular formula is C23H23NO3S. The number of fused-ring (bicyclic) bond motifs is 1. The lowest BCUT2D eigenvalue weighted by Crippen LogP contribution is -2.18. The predicted molar refractivity (Wildman–Crippen MR) is 110 cm³/mol. The summed E-state index contributed by atoms with van der Waals surface area (Å²) in [5.41, 5.74) is 5.02. The average molecular weight is 394 g/mol. The molecule has 1 atom stereocenters. The van der Waals surface area contributed by atoms with Crippen molar-refractivity contribution in [3.05, 3.63) is 80.3 Å². The fourth-order valence-corrected chi connectivity index (χ4v) is 4.84. The minimum Gasteiger partial charge on any atom is -0.461 e. The van der Waals surface area contributed by atoms with Gasteiger partial charge in [-0.1, -0.05) is 30.3 Å². The maximum atomic E-state index is 13.1. The molecule has 144 valence electrons. The quantitative estimate of drug-likeness (QED) is 0.616. The predicted octanol–water partition coefficient (Wildman–Crippen LogP) is 5.06. The first-order valence-corrected chi connectivity index (χ1v) is 10.5. The zero-order valence-corrected chi connectivity index (χ0v) is 16.9. The van der Waals surface area contributed by atoms with E-state index in [2.05, 4.69) is 11.1 Å². The number of aromatic nitrogens is 1. The fourth-order valence-electron chi connectivity index (χ4n) is 4.01. The molecule has 4 rings (SSSR count). The van der Waals surface area contributed by atoms with E-state index >= 15 is 0 Å². The van der Waals surface area contributed by atoms with Gasteiger partial charge in [0.2, 0.25) is 0 Å². The molecule has 28 heavy (non-hydrogen) atoms. The van der Waals surface area contributed by atoms with Crippen molar-refractivity contribution in [2.45, 2.75) is 39.0 Å². The van der Waals surface area contributed by atoms with Gasteiger partial charge in [0.1, 0.15) is 5.69 Å². The number of carbonyl (C=O) groups is 2. The van der Waals surface area contributed by atoms with E-state index in [1.54, 1.807) is 18.3 Å². The fraction of sp³-hybridized carbons (Fsp3) is 0.304. The van der Waals surface area contributed by atoms with Crippen LogP contribution >= 0.6 is 11.3 Å². The molecular weight excluding hydrogens is 370 g/mol. The normalized spacial score (nSPS) is 16.1. The summed E-state index contributed by atoms with van der Waals surface area (Å²) in [5, 5.41) is 2.04. The molecule has 0 spiro atoms. The molecule has 0 amide bonds. The van der Waals surface area contributed by atoms with Gasteiger partial charge in [-0.25, -0.2) is 4.79 Å². The van der Waals surface area contributed by atoms with E-state index in [9.17, 15) is 9.59 Å². The Morgan fingerprint density at radius 3 is 2.75 bits per heavy atom. The van der Waals surface area contributed by atoms with Crippen molar-refractivity contribution in [2.24, 2.45) is 0 Å². The molecule has 0 fully saturated rings. The second kappa shape index (κ2) is 7.76. The van der Waals surface area contributed by atoms with Gasteiger partial charge in [-0.3, -0.25) is 4.79 Å². The summed E-state index contributed by atoms with van der Waals surface area (Å²) >= 11 is 1.68. The average Bonchev–Trinajstić information content (AvgIpc) is 3.32. The highest BCUT2D eigenvalue weighted by Crippen LogP contribution is 2.38.